The molecular formula is C20H25N3O5S. The van der Waals surface area contributed by atoms with E-state index in [-0.39, 0.29) is 10.6 Å². The van der Waals surface area contributed by atoms with E-state index in [4.69, 9.17) is 19.9 Å². The Morgan fingerprint density at radius 1 is 1.00 bits per heavy atom. The number of hydrogen-bond acceptors (Lipinski definition) is 7. The molecule has 2 heterocycles. The normalized spacial score (nSPS) is 12.2. The highest BCUT2D eigenvalue weighted by molar-refractivity contribution is 7.92. The Kier molecular flexibility index (Phi) is 5.12. The maximum Gasteiger partial charge on any atom is 0.188 e. The van der Waals surface area contributed by atoms with Gasteiger partial charge in [0, 0.05) is 17.8 Å². The molecule has 29 heavy (non-hydrogen) atoms. The fourth-order valence-electron chi connectivity index (χ4n) is 3.03. The second kappa shape index (κ2) is 7.14. The van der Waals surface area contributed by atoms with Gasteiger partial charge in [-0.05, 0) is 32.9 Å². The van der Waals surface area contributed by atoms with Crippen LogP contribution in [0.2, 0.25) is 0 Å². The van der Waals surface area contributed by atoms with Crippen LogP contribution < -0.4 is 19.9 Å². The van der Waals surface area contributed by atoms with Crippen LogP contribution in [0.4, 0.5) is 5.69 Å². The molecule has 1 aromatic carbocycles. The van der Waals surface area contributed by atoms with E-state index in [0.717, 1.165) is 0 Å². The van der Waals surface area contributed by atoms with Crippen LogP contribution in [0.5, 0.6) is 17.2 Å². The minimum atomic E-state index is -3.66. The van der Waals surface area contributed by atoms with Gasteiger partial charge in [0.25, 0.3) is 0 Å². The van der Waals surface area contributed by atoms with Crippen LogP contribution in [0.15, 0.2) is 35.5 Å². The van der Waals surface area contributed by atoms with Crippen molar-refractivity contribution in [2.75, 3.05) is 27.1 Å². The van der Waals surface area contributed by atoms with Gasteiger partial charge in [0.2, 0.25) is 0 Å². The van der Waals surface area contributed by atoms with Crippen molar-refractivity contribution >= 4 is 21.2 Å². The number of benzene rings is 1. The van der Waals surface area contributed by atoms with Crippen LogP contribution in [-0.2, 0) is 9.84 Å². The van der Waals surface area contributed by atoms with E-state index in [1.54, 1.807) is 49.6 Å². The minimum Gasteiger partial charge on any atom is -0.495 e. The van der Waals surface area contributed by atoms with Gasteiger partial charge in [0.15, 0.2) is 21.3 Å². The van der Waals surface area contributed by atoms with Crippen molar-refractivity contribution in [2.45, 2.75) is 30.4 Å². The topological polar surface area (TPSA) is 105 Å². The number of sulfone groups is 1. The molecule has 0 atom stereocenters. The molecule has 0 radical (unpaired) electrons. The summed E-state index contributed by atoms with van der Waals surface area (Å²) < 4.78 is 42.9. The minimum absolute atomic E-state index is 0.0905. The van der Waals surface area contributed by atoms with Gasteiger partial charge in [0.05, 0.1) is 43.7 Å². The van der Waals surface area contributed by atoms with E-state index < -0.39 is 14.6 Å². The van der Waals surface area contributed by atoms with Gasteiger partial charge in [-0.2, -0.15) is 0 Å². The van der Waals surface area contributed by atoms with E-state index >= 15 is 0 Å². The number of rotatable bonds is 5. The van der Waals surface area contributed by atoms with Crippen molar-refractivity contribution in [3.8, 4) is 28.5 Å². The lowest BCUT2D eigenvalue weighted by molar-refractivity contribution is 0.356. The molecule has 3 aromatic rings. The molecular weight excluding hydrogens is 394 g/mol. The highest BCUT2D eigenvalue weighted by Gasteiger charge is 2.34. The molecule has 0 saturated carbocycles. The Balaban J connectivity index is 2.30. The molecule has 0 aliphatic carbocycles. The number of methoxy groups -OCH3 is 3. The lowest BCUT2D eigenvalue weighted by Gasteiger charge is -2.21. The van der Waals surface area contributed by atoms with Crippen LogP contribution in [-0.4, -0.2) is 43.9 Å². The summed E-state index contributed by atoms with van der Waals surface area (Å²) in [5.41, 5.74) is 8.40. The van der Waals surface area contributed by atoms with Crippen molar-refractivity contribution in [3.63, 3.8) is 0 Å². The lowest BCUT2D eigenvalue weighted by atomic mass is 10.1. The average molecular weight is 420 g/mol. The SMILES string of the molecule is COc1cc2ncc(-c3cc(N)c(OC)c(OC)c3)n2cc1S(=O)(=O)C(C)(C)C. The first-order valence-electron chi connectivity index (χ1n) is 8.86. The van der Waals surface area contributed by atoms with Gasteiger partial charge >= 0.3 is 0 Å². The van der Waals surface area contributed by atoms with Gasteiger partial charge in [-0.1, -0.05) is 0 Å². The van der Waals surface area contributed by atoms with E-state index in [2.05, 4.69) is 4.98 Å². The summed E-state index contributed by atoms with van der Waals surface area (Å²) in [5, 5.41) is 0. The number of aromatic nitrogens is 2. The standard InChI is InChI=1S/C20H25N3O5S/c1-20(2,3)29(24,25)17-11-23-14(10-22-18(23)9-15(17)26-4)12-7-13(21)19(28-6)16(8-12)27-5/h7-11H,21H2,1-6H3. The van der Waals surface area contributed by atoms with Crippen molar-refractivity contribution in [2.24, 2.45) is 0 Å². The highest BCUT2D eigenvalue weighted by Crippen LogP contribution is 2.39. The molecule has 0 aliphatic rings. The fraction of sp³-hybridized carbons (Fsp3) is 0.350. The molecule has 0 saturated heterocycles. The molecule has 3 rings (SSSR count). The number of ether oxygens (including phenoxy) is 3. The average Bonchev–Trinajstić information content (AvgIpc) is 3.08. The third-order valence-electron chi connectivity index (χ3n) is 4.69. The van der Waals surface area contributed by atoms with Crippen LogP contribution in [0, 0.1) is 0 Å². The van der Waals surface area contributed by atoms with Crippen molar-refractivity contribution in [3.05, 3.63) is 30.6 Å². The van der Waals surface area contributed by atoms with E-state index in [1.165, 1.54) is 27.5 Å². The number of fused-ring (bicyclic) bond motifs is 1. The fourth-order valence-corrected chi connectivity index (χ4v) is 4.34. The molecule has 0 aliphatic heterocycles. The Morgan fingerprint density at radius 3 is 2.21 bits per heavy atom. The number of nitrogens with zero attached hydrogens (tertiary/aromatic N) is 2. The molecule has 8 nitrogen and oxygen atoms in total. The predicted octanol–water partition coefficient (Wildman–Crippen LogP) is 3.18. The molecule has 2 N–H and O–H groups in total. The first kappa shape index (κ1) is 20.8. The second-order valence-corrected chi connectivity index (χ2v) is 10.2. The molecule has 0 unspecified atom stereocenters. The summed E-state index contributed by atoms with van der Waals surface area (Å²) in [5.74, 6) is 1.15. The van der Waals surface area contributed by atoms with Gasteiger partial charge < -0.3 is 19.9 Å². The molecule has 0 spiro atoms. The zero-order valence-corrected chi connectivity index (χ0v) is 18.1. The molecule has 0 fully saturated rings. The summed E-state index contributed by atoms with van der Waals surface area (Å²) in [4.78, 5) is 4.48. The van der Waals surface area contributed by atoms with Gasteiger partial charge in [-0.15, -0.1) is 0 Å². The molecule has 156 valence electrons. The number of pyridine rings is 1. The zero-order chi connectivity index (χ0) is 21.6. The van der Waals surface area contributed by atoms with E-state index in [0.29, 0.717) is 34.1 Å². The Hall–Kier alpha value is -2.94. The molecule has 0 amide bonds. The molecule has 2 aromatic heterocycles. The highest BCUT2D eigenvalue weighted by atomic mass is 32.2. The Bertz CT molecular complexity index is 1180. The first-order valence-corrected chi connectivity index (χ1v) is 10.3. The maximum absolute atomic E-state index is 13.1. The van der Waals surface area contributed by atoms with Gasteiger partial charge in [-0.3, -0.25) is 4.40 Å². The molecule has 9 heteroatoms. The quantitative estimate of drug-likeness (QED) is 0.633. The van der Waals surface area contributed by atoms with E-state index in [1.807, 2.05) is 0 Å². The third kappa shape index (κ3) is 3.35. The summed E-state index contributed by atoms with van der Waals surface area (Å²) in [6.45, 7) is 4.95. The monoisotopic (exact) mass is 419 g/mol. The van der Waals surface area contributed by atoms with Crippen molar-refractivity contribution in [1.82, 2.24) is 9.38 Å². The van der Waals surface area contributed by atoms with Crippen molar-refractivity contribution < 1.29 is 22.6 Å². The lowest BCUT2D eigenvalue weighted by Crippen LogP contribution is -2.28. The summed E-state index contributed by atoms with van der Waals surface area (Å²) in [7, 11) is 0.809. The summed E-state index contributed by atoms with van der Waals surface area (Å²) in [6, 6.07) is 5.10. The third-order valence-corrected chi connectivity index (χ3v) is 7.19. The Labute approximate surface area is 170 Å². The van der Waals surface area contributed by atoms with Crippen LogP contribution in [0.25, 0.3) is 16.9 Å². The maximum atomic E-state index is 13.1. The summed E-state index contributed by atoms with van der Waals surface area (Å²) >= 11 is 0. The zero-order valence-electron chi connectivity index (χ0n) is 17.3. The number of hydrogen-bond donors (Lipinski definition) is 1. The van der Waals surface area contributed by atoms with Crippen LogP contribution in [0.1, 0.15) is 20.8 Å². The van der Waals surface area contributed by atoms with E-state index in [9.17, 15) is 8.42 Å². The molecule has 0 bridgehead atoms. The van der Waals surface area contributed by atoms with Crippen molar-refractivity contribution in [1.29, 1.82) is 0 Å². The number of nitrogen functional groups attached to an aromatic ring is 1. The Morgan fingerprint density at radius 2 is 1.66 bits per heavy atom. The van der Waals surface area contributed by atoms with Gasteiger partial charge in [0.1, 0.15) is 16.3 Å². The second-order valence-electron chi connectivity index (χ2n) is 7.49. The number of nitrogens with two attached hydrogens (primary N) is 1. The summed E-state index contributed by atoms with van der Waals surface area (Å²) in [6.07, 6.45) is 3.17. The van der Waals surface area contributed by atoms with Crippen LogP contribution in [0.3, 0.4) is 0 Å². The van der Waals surface area contributed by atoms with Crippen LogP contribution >= 0.6 is 0 Å². The number of anilines is 1. The largest absolute Gasteiger partial charge is 0.495 e. The first-order chi connectivity index (χ1) is 13.5. The smallest absolute Gasteiger partial charge is 0.188 e. The number of imidazole rings is 1. The predicted molar refractivity (Wildman–Crippen MR) is 112 cm³/mol. The van der Waals surface area contributed by atoms with Gasteiger partial charge in [-0.25, -0.2) is 13.4 Å².